The third kappa shape index (κ3) is 8.01. The van der Waals surface area contributed by atoms with Crippen LogP contribution in [0.4, 0.5) is 0 Å². The van der Waals surface area contributed by atoms with Crippen LogP contribution >= 0.6 is 12.6 Å². The first-order chi connectivity index (χ1) is 29.0. The summed E-state index contributed by atoms with van der Waals surface area (Å²) in [5.41, 5.74) is 12.0. The predicted octanol–water partition coefficient (Wildman–Crippen LogP) is 8.09. The molecule has 5 N–H and O–H groups in total. The fraction of sp³-hybridized carbons (Fsp3) is 0.136. The van der Waals surface area contributed by atoms with Gasteiger partial charge in [-0.15, -0.1) is 12.6 Å². The topological polar surface area (TPSA) is 220 Å². The summed E-state index contributed by atoms with van der Waals surface area (Å²) in [6.07, 6.45) is 3.13. The van der Waals surface area contributed by atoms with E-state index in [0.29, 0.717) is 77.7 Å². The van der Waals surface area contributed by atoms with E-state index in [4.69, 9.17) is 9.97 Å². The molecule has 0 saturated carbocycles. The van der Waals surface area contributed by atoms with E-state index < -0.39 is 30.4 Å². The Balaban J connectivity index is 1.42. The Kier molecular flexibility index (Phi) is 10.3. The van der Waals surface area contributed by atoms with Gasteiger partial charge in [-0.1, -0.05) is 48.5 Å². The molecule has 8 bridgehead atoms. The van der Waals surface area contributed by atoms with Crippen LogP contribution in [0.5, 0.6) is 0 Å². The van der Waals surface area contributed by atoms with Gasteiger partial charge in [0.05, 0.1) is 37.5 Å². The van der Waals surface area contributed by atoms with Crippen LogP contribution in [-0.2, 0) is 68.9 Å². The van der Waals surface area contributed by atoms with Gasteiger partial charge in [0.1, 0.15) is 0 Å². The van der Waals surface area contributed by atoms with Crippen molar-refractivity contribution in [1.29, 1.82) is 0 Å². The van der Waals surface area contributed by atoms with Crippen molar-refractivity contribution in [3.63, 3.8) is 0 Å². The third-order valence-corrected chi connectivity index (χ3v) is 14.0. The zero-order valence-electron chi connectivity index (χ0n) is 32.0. The minimum atomic E-state index is -4.47. The maximum Gasteiger partial charge on any atom is 0.294 e. The summed E-state index contributed by atoms with van der Waals surface area (Å²) in [6, 6.07) is 29.5. The molecule has 61 heavy (non-hydrogen) atoms. The quantitative estimate of drug-likeness (QED) is 0.0664. The van der Waals surface area contributed by atoms with Gasteiger partial charge in [0.2, 0.25) is 0 Å². The van der Waals surface area contributed by atoms with E-state index in [1.807, 2.05) is 36.4 Å². The van der Waals surface area contributed by atoms with Crippen LogP contribution in [0.3, 0.4) is 0 Å². The Morgan fingerprint density at radius 3 is 1.02 bits per heavy atom. The van der Waals surface area contributed by atoms with E-state index in [2.05, 4.69) is 22.6 Å². The fourth-order valence-electron chi connectivity index (χ4n) is 8.36. The number of hydrogen-bond acceptors (Lipinski definition) is 9. The van der Waals surface area contributed by atoms with Crippen LogP contribution in [0.25, 0.3) is 55.5 Å². The van der Waals surface area contributed by atoms with Crippen LogP contribution < -0.4 is 0 Å². The SMILES string of the molecule is O=S(=O)(O)c1ccc(-c2c3nc(c(-c4ccc(S)cc4)c4ccc([nH]4)c(-c4ccc(S(=O)(=O)O)cc4)c4nc(c(-c5ccc(S(=O)(=O)O)cc5)c5[nH]c2CC5)CC4)CC3)cc1. The third-order valence-electron chi connectivity index (χ3n) is 11.1. The van der Waals surface area contributed by atoms with Gasteiger partial charge in [0, 0.05) is 49.6 Å². The first-order valence-electron chi connectivity index (χ1n) is 19.1. The lowest BCUT2D eigenvalue weighted by molar-refractivity contribution is 0.481. The second-order valence-electron chi connectivity index (χ2n) is 14.9. The molecule has 3 aliphatic heterocycles. The lowest BCUT2D eigenvalue weighted by atomic mass is 9.97. The summed E-state index contributed by atoms with van der Waals surface area (Å²) in [5, 5.41) is 0. The lowest BCUT2D eigenvalue weighted by Crippen LogP contribution is -1.98. The maximum absolute atomic E-state index is 12.0. The number of fused-ring (bicyclic) bond motifs is 8. The van der Waals surface area contributed by atoms with Crippen LogP contribution in [0.2, 0.25) is 0 Å². The summed E-state index contributed by atoms with van der Waals surface area (Å²) >= 11 is 4.53. The van der Waals surface area contributed by atoms with E-state index in [-0.39, 0.29) is 14.7 Å². The Morgan fingerprint density at radius 1 is 0.393 bits per heavy atom. The standard InChI is InChI=1S/C44H36N4O9S4/c49-59(50,51)30-11-3-26(4-12-30)42-35-19-17-33(45-35)41(25-1-9-29(58)10-2-25)34-18-20-36(46-34)43(27-5-13-31(14-6-27)60(52,53)54)38-22-24-40(48-38)44(39-23-21-37(42)47-39)28-7-15-32(16-8-28)61(55,56)57/h1-17,19,45,48,58H,18,20-24H2,(H,49,50,51)(H,52,53,54)(H,55,56,57). The molecule has 6 aromatic rings. The molecule has 0 saturated heterocycles. The number of rotatable bonds is 7. The van der Waals surface area contributed by atoms with E-state index in [0.717, 1.165) is 55.4 Å². The van der Waals surface area contributed by atoms with Crippen molar-refractivity contribution >= 4 is 54.0 Å². The fourth-order valence-corrected chi connectivity index (χ4v) is 9.95. The molecule has 0 atom stereocenters. The molecule has 310 valence electrons. The molecule has 5 heterocycles. The molecule has 0 spiro atoms. The van der Waals surface area contributed by atoms with Crippen molar-refractivity contribution in [2.75, 3.05) is 0 Å². The zero-order valence-corrected chi connectivity index (χ0v) is 35.3. The van der Waals surface area contributed by atoms with Gasteiger partial charge in [-0.25, -0.2) is 0 Å². The van der Waals surface area contributed by atoms with E-state index in [9.17, 15) is 38.9 Å². The summed E-state index contributed by atoms with van der Waals surface area (Å²) in [5.74, 6) is 0. The largest absolute Gasteiger partial charge is 0.361 e. The number of thiol groups is 1. The minimum Gasteiger partial charge on any atom is -0.361 e. The molecule has 0 radical (unpaired) electrons. The number of nitrogens with zero attached hydrogens (tertiary/aromatic N) is 2. The highest BCUT2D eigenvalue weighted by atomic mass is 32.2. The van der Waals surface area contributed by atoms with Gasteiger partial charge in [-0.2, -0.15) is 25.3 Å². The van der Waals surface area contributed by atoms with Gasteiger partial charge < -0.3 is 9.97 Å². The van der Waals surface area contributed by atoms with E-state index in [1.165, 1.54) is 36.4 Å². The number of H-pyrrole nitrogens is 2. The molecule has 0 amide bonds. The van der Waals surface area contributed by atoms with Crippen molar-refractivity contribution in [2.24, 2.45) is 0 Å². The van der Waals surface area contributed by atoms with Crippen molar-refractivity contribution in [3.05, 3.63) is 143 Å². The first-order valence-corrected chi connectivity index (χ1v) is 23.9. The molecule has 3 aliphatic rings. The number of aromatic nitrogens is 4. The van der Waals surface area contributed by atoms with Crippen molar-refractivity contribution in [3.8, 4) is 44.5 Å². The van der Waals surface area contributed by atoms with Crippen LogP contribution in [0, 0.1) is 0 Å². The smallest absolute Gasteiger partial charge is 0.294 e. The molecule has 2 aromatic heterocycles. The minimum absolute atomic E-state index is 0.242. The number of aromatic amines is 2. The molecule has 0 aliphatic carbocycles. The van der Waals surface area contributed by atoms with Crippen molar-refractivity contribution < 1.29 is 38.9 Å². The molecule has 17 heteroatoms. The van der Waals surface area contributed by atoms with Crippen molar-refractivity contribution in [1.82, 2.24) is 19.9 Å². The van der Waals surface area contributed by atoms with Gasteiger partial charge in [-0.05, 0) is 121 Å². The average molecular weight is 893 g/mol. The monoisotopic (exact) mass is 892 g/mol. The second kappa shape index (κ2) is 15.4. The molecule has 0 fully saturated rings. The zero-order chi connectivity index (χ0) is 42.8. The number of nitrogens with one attached hydrogen (secondary N) is 2. The lowest BCUT2D eigenvalue weighted by Gasteiger charge is -2.09. The summed E-state index contributed by atoms with van der Waals surface area (Å²) in [6.45, 7) is 0. The Bertz CT molecular complexity index is 3310. The molecule has 9 rings (SSSR count). The van der Waals surface area contributed by atoms with Gasteiger partial charge in [0.15, 0.2) is 0 Å². The Morgan fingerprint density at radius 2 is 0.689 bits per heavy atom. The van der Waals surface area contributed by atoms with E-state index in [1.54, 1.807) is 36.4 Å². The molecular weight excluding hydrogens is 857 g/mol. The molecule has 13 nitrogen and oxygen atoms in total. The van der Waals surface area contributed by atoms with Gasteiger partial charge in [-0.3, -0.25) is 23.6 Å². The van der Waals surface area contributed by atoms with Gasteiger partial charge >= 0.3 is 0 Å². The van der Waals surface area contributed by atoms with Crippen molar-refractivity contribution in [2.45, 2.75) is 58.1 Å². The van der Waals surface area contributed by atoms with E-state index >= 15 is 0 Å². The Hall–Kier alpha value is -5.66. The Labute approximate surface area is 357 Å². The number of hydrogen-bond donors (Lipinski definition) is 6. The van der Waals surface area contributed by atoms with Crippen LogP contribution in [0.1, 0.15) is 34.2 Å². The van der Waals surface area contributed by atoms with Gasteiger partial charge in [0.25, 0.3) is 30.4 Å². The summed E-state index contributed by atoms with van der Waals surface area (Å²) in [4.78, 5) is 17.9. The molecule has 0 unspecified atom stereocenters. The highest BCUT2D eigenvalue weighted by Gasteiger charge is 2.26. The summed E-state index contributed by atoms with van der Waals surface area (Å²) < 4.78 is 102. The first kappa shape index (κ1) is 40.7. The second-order valence-corrected chi connectivity index (χ2v) is 19.7. The average Bonchev–Trinajstić information content (AvgIpc) is 4.06. The molecule has 4 aromatic carbocycles. The highest BCUT2D eigenvalue weighted by Crippen LogP contribution is 2.39. The van der Waals surface area contributed by atoms with Crippen LogP contribution in [-0.4, -0.2) is 58.8 Å². The number of benzene rings is 4. The number of aryl methyl sites for hydroxylation is 6. The normalized spacial score (nSPS) is 13.9. The maximum atomic E-state index is 12.0. The van der Waals surface area contributed by atoms with Crippen LogP contribution in [0.15, 0.2) is 129 Å². The highest BCUT2D eigenvalue weighted by molar-refractivity contribution is 7.86. The molecular formula is C44H36N4O9S4. The predicted molar refractivity (Wildman–Crippen MR) is 233 cm³/mol. The summed E-state index contributed by atoms with van der Waals surface area (Å²) in [7, 11) is -13.4.